The number of benzene rings is 2. The molecule has 4 heteroatoms. The summed E-state index contributed by atoms with van der Waals surface area (Å²) in [6.45, 7) is 0.931. The maximum atomic E-state index is 6.19. The van der Waals surface area contributed by atoms with Crippen LogP contribution >= 0.6 is 0 Å². The van der Waals surface area contributed by atoms with Gasteiger partial charge in [0.05, 0.1) is 12.0 Å². The van der Waals surface area contributed by atoms with Crippen LogP contribution in [0.25, 0.3) is 11.0 Å². The maximum absolute atomic E-state index is 6.19. The Kier molecular flexibility index (Phi) is 2.95. The lowest BCUT2D eigenvalue weighted by Crippen LogP contribution is -2.36. The molecule has 4 nitrogen and oxygen atoms in total. The van der Waals surface area contributed by atoms with E-state index in [0.717, 1.165) is 35.4 Å². The van der Waals surface area contributed by atoms with Crippen molar-refractivity contribution in [2.45, 2.75) is 12.5 Å². The van der Waals surface area contributed by atoms with Gasteiger partial charge in [0, 0.05) is 29.7 Å². The van der Waals surface area contributed by atoms with Crippen LogP contribution in [-0.4, -0.2) is 16.5 Å². The molecule has 0 bridgehead atoms. The first-order valence-electron chi connectivity index (χ1n) is 8.22. The number of imidazole rings is 1. The second-order valence-electron chi connectivity index (χ2n) is 6.13. The van der Waals surface area contributed by atoms with Gasteiger partial charge in [-0.3, -0.25) is 0 Å². The summed E-state index contributed by atoms with van der Waals surface area (Å²) in [6, 6.07) is 20.8. The molecule has 0 amide bonds. The lowest BCUT2D eigenvalue weighted by molar-refractivity contribution is 0.487. The Labute approximate surface area is 139 Å². The number of nitrogens with one attached hydrogen (secondary N) is 1. The highest BCUT2D eigenvalue weighted by atomic mass is 16.3. The second kappa shape index (κ2) is 5.27. The molecule has 24 heavy (non-hydrogen) atoms. The molecule has 5 rings (SSSR count). The summed E-state index contributed by atoms with van der Waals surface area (Å²) in [7, 11) is 0. The van der Waals surface area contributed by atoms with E-state index < -0.39 is 0 Å². The average molecular weight is 315 g/mol. The number of aromatic nitrogens is 2. The van der Waals surface area contributed by atoms with Gasteiger partial charge in [-0.25, -0.2) is 4.98 Å². The summed E-state index contributed by atoms with van der Waals surface area (Å²) in [5.41, 5.74) is 4.37. The molecule has 1 aliphatic heterocycles. The maximum Gasteiger partial charge on any atom is 0.134 e. The van der Waals surface area contributed by atoms with Crippen LogP contribution in [0.1, 0.15) is 23.2 Å². The van der Waals surface area contributed by atoms with E-state index in [9.17, 15) is 0 Å². The van der Waals surface area contributed by atoms with Crippen LogP contribution in [0, 0.1) is 0 Å². The molecular weight excluding hydrogens is 298 g/mol. The molecule has 0 saturated heterocycles. The van der Waals surface area contributed by atoms with E-state index >= 15 is 0 Å². The molecule has 3 heterocycles. The minimum Gasteiger partial charge on any atom is -0.458 e. The normalized spacial score (nSPS) is 17.2. The van der Waals surface area contributed by atoms with Crippen LogP contribution in [-0.2, 0) is 6.42 Å². The molecule has 1 N–H and O–H groups in total. The summed E-state index contributed by atoms with van der Waals surface area (Å²) >= 11 is 0. The number of rotatable bonds is 2. The fourth-order valence-electron chi connectivity index (χ4n) is 3.60. The van der Waals surface area contributed by atoms with E-state index in [4.69, 9.17) is 4.42 Å². The van der Waals surface area contributed by atoms with Gasteiger partial charge in [0.25, 0.3) is 0 Å². The molecule has 4 aromatic rings. The summed E-state index contributed by atoms with van der Waals surface area (Å²) in [5.74, 6) is 0.938. The van der Waals surface area contributed by atoms with Crippen molar-refractivity contribution in [3.63, 3.8) is 0 Å². The van der Waals surface area contributed by atoms with Crippen molar-refractivity contribution in [1.82, 2.24) is 9.97 Å². The Bertz CT molecular complexity index is 953. The summed E-state index contributed by atoms with van der Waals surface area (Å²) < 4.78 is 6.19. The highest BCUT2D eigenvalue weighted by molar-refractivity contribution is 5.78. The largest absolute Gasteiger partial charge is 0.458 e. The molecule has 0 saturated carbocycles. The molecule has 118 valence electrons. The molecule has 0 spiro atoms. The van der Waals surface area contributed by atoms with Crippen LogP contribution in [0.15, 0.2) is 71.4 Å². The van der Waals surface area contributed by atoms with Crippen molar-refractivity contribution >= 4 is 16.7 Å². The summed E-state index contributed by atoms with van der Waals surface area (Å²) in [5, 5.41) is 1.13. The zero-order valence-corrected chi connectivity index (χ0v) is 13.1. The van der Waals surface area contributed by atoms with Gasteiger partial charge >= 0.3 is 0 Å². The van der Waals surface area contributed by atoms with E-state index in [2.05, 4.69) is 51.3 Å². The highest BCUT2D eigenvalue weighted by Gasteiger charge is 2.33. The van der Waals surface area contributed by atoms with E-state index in [1.165, 1.54) is 11.4 Å². The van der Waals surface area contributed by atoms with Crippen LogP contribution in [0.4, 0.5) is 5.69 Å². The topological polar surface area (TPSA) is 45.1 Å². The van der Waals surface area contributed by atoms with E-state index in [1.54, 1.807) is 6.33 Å². The Morgan fingerprint density at radius 1 is 1.04 bits per heavy atom. The fraction of sp³-hybridized carbons (Fsp3) is 0.150. The van der Waals surface area contributed by atoms with Gasteiger partial charge in [0.15, 0.2) is 0 Å². The Morgan fingerprint density at radius 3 is 2.75 bits per heavy atom. The number of H-pyrrole nitrogens is 1. The number of anilines is 1. The monoisotopic (exact) mass is 315 g/mol. The van der Waals surface area contributed by atoms with Crippen LogP contribution in [0.5, 0.6) is 0 Å². The van der Waals surface area contributed by atoms with Crippen molar-refractivity contribution in [2.75, 3.05) is 11.4 Å². The minimum atomic E-state index is -0.00481. The first-order valence-corrected chi connectivity index (χ1v) is 8.22. The third-order valence-electron chi connectivity index (χ3n) is 4.73. The van der Waals surface area contributed by atoms with Crippen LogP contribution < -0.4 is 4.90 Å². The van der Waals surface area contributed by atoms with Crippen molar-refractivity contribution in [3.8, 4) is 0 Å². The van der Waals surface area contributed by atoms with Gasteiger partial charge in [-0.15, -0.1) is 0 Å². The van der Waals surface area contributed by atoms with Crippen LogP contribution in [0.3, 0.4) is 0 Å². The standard InChI is InChI=1S/C20H17N3O/c1-2-7-15(8-3-1)23-11-10-16-19(22-13-21-16)20(23)18-12-14-6-4-5-9-17(14)24-18/h1-9,12-13,20H,10-11H2,(H,21,22)/t20-/m0/s1. The van der Waals surface area contributed by atoms with Gasteiger partial charge in [0.1, 0.15) is 17.4 Å². The molecule has 2 aromatic carbocycles. The quantitative estimate of drug-likeness (QED) is 0.599. The van der Waals surface area contributed by atoms with E-state index in [-0.39, 0.29) is 6.04 Å². The van der Waals surface area contributed by atoms with Gasteiger partial charge in [-0.05, 0) is 24.3 Å². The van der Waals surface area contributed by atoms with Gasteiger partial charge in [0.2, 0.25) is 0 Å². The van der Waals surface area contributed by atoms with Crippen LogP contribution in [0.2, 0.25) is 0 Å². The van der Waals surface area contributed by atoms with Crippen molar-refractivity contribution in [2.24, 2.45) is 0 Å². The smallest absolute Gasteiger partial charge is 0.134 e. The fourth-order valence-corrected chi connectivity index (χ4v) is 3.60. The van der Waals surface area contributed by atoms with Crippen molar-refractivity contribution in [3.05, 3.63) is 84.1 Å². The van der Waals surface area contributed by atoms with Crippen molar-refractivity contribution < 1.29 is 4.42 Å². The lowest BCUT2D eigenvalue weighted by Gasteiger charge is -2.35. The minimum absolute atomic E-state index is 0.00481. The van der Waals surface area contributed by atoms with Gasteiger partial charge in [-0.1, -0.05) is 36.4 Å². The first-order chi connectivity index (χ1) is 11.9. The number of hydrogen-bond acceptors (Lipinski definition) is 3. The number of fused-ring (bicyclic) bond motifs is 2. The molecule has 1 atom stereocenters. The molecular formula is C20H17N3O. The molecule has 1 aliphatic rings. The number of aromatic amines is 1. The SMILES string of the molecule is c1ccc(N2CCc3[nH]cnc3[C@@H]2c2cc3ccccc3o2)cc1. The summed E-state index contributed by atoms with van der Waals surface area (Å²) in [6.07, 6.45) is 2.75. The predicted molar refractivity (Wildman–Crippen MR) is 94.1 cm³/mol. The Hall–Kier alpha value is -3.01. The second-order valence-corrected chi connectivity index (χ2v) is 6.13. The lowest BCUT2D eigenvalue weighted by atomic mass is 9.99. The summed E-state index contributed by atoms with van der Waals surface area (Å²) in [4.78, 5) is 10.3. The van der Waals surface area contributed by atoms with Gasteiger partial charge < -0.3 is 14.3 Å². The van der Waals surface area contributed by atoms with E-state index in [1.807, 2.05) is 24.3 Å². The molecule has 0 radical (unpaired) electrons. The van der Waals surface area contributed by atoms with E-state index in [0.29, 0.717) is 0 Å². The average Bonchev–Trinajstić information content (AvgIpc) is 3.28. The predicted octanol–water partition coefficient (Wildman–Crippen LogP) is 4.31. The Balaban J connectivity index is 1.68. The van der Waals surface area contributed by atoms with Crippen molar-refractivity contribution in [1.29, 1.82) is 0 Å². The molecule has 0 fully saturated rings. The molecule has 2 aromatic heterocycles. The first kappa shape index (κ1) is 13.4. The third kappa shape index (κ3) is 2.03. The number of furan rings is 1. The molecule has 0 aliphatic carbocycles. The van der Waals surface area contributed by atoms with Gasteiger partial charge in [-0.2, -0.15) is 0 Å². The third-order valence-corrected chi connectivity index (χ3v) is 4.73. The Morgan fingerprint density at radius 2 is 1.88 bits per heavy atom. The molecule has 0 unspecified atom stereocenters. The number of nitrogens with zero attached hydrogens (tertiary/aromatic N) is 2. The zero-order chi connectivity index (χ0) is 15.9. The number of para-hydroxylation sites is 2. The zero-order valence-electron chi connectivity index (χ0n) is 13.1. The highest BCUT2D eigenvalue weighted by Crippen LogP contribution is 2.38. The number of hydrogen-bond donors (Lipinski definition) is 1.